The Balaban J connectivity index is 0.000000258. The van der Waals surface area contributed by atoms with Crippen LogP contribution in [0.3, 0.4) is 0 Å². The van der Waals surface area contributed by atoms with E-state index in [0.717, 1.165) is 5.39 Å². The largest absolute Gasteiger partial charge is 0.486 e. The van der Waals surface area contributed by atoms with Gasteiger partial charge in [-0.3, -0.25) is 0 Å². The van der Waals surface area contributed by atoms with E-state index in [1.807, 2.05) is 6.07 Å². The standard InChI is InChI=1S/C29H21N2O.C13H12N.Ir/c1-17-7-9-20-10-11-21(14-22(20)13-17)26-15-27(30-16-18(26)2)25-6-4-5-23-24-12-8-19(3)31-29(24)32-28(23)25;1-10-3-6-12(7-4-10)13-8-5-11(2)9-14-13;/h4-5,7-16H,1-3H3;3-6,8-9H,1-2H3;/q2*-1;/i1D3,2D3,3D3;1D3,2D3;. The van der Waals surface area contributed by atoms with E-state index in [1.165, 1.54) is 36.7 Å². The Morgan fingerprint density at radius 3 is 2.30 bits per heavy atom. The molecule has 233 valence electrons. The molecule has 4 aromatic carbocycles. The molecule has 4 aromatic heterocycles. The molecule has 4 heterocycles. The normalized spacial score (nSPS) is 17.0. The van der Waals surface area contributed by atoms with Gasteiger partial charge in [0, 0.05) is 64.1 Å². The molecule has 0 fully saturated rings. The number of benzene rings is 4. The van der Waals surface area contributed by atoms with Crippen molar-refractivity contribution in [3.8, 4) is 33.6 Å². The van der Waals surface area contributed by atoms with E-state index < -0.39 is 34.3 Å². The summed E-state index contributed by atoms with van der Waals surface area (Å²) in [6, 6.07) is 32.0. The van der Waals surface area contributed by atoms with Crippen LogP contribution in [-0.4, -0.2) is 15.0 Å². The van der Waals surface area contributed by atoms with Gasteiger partial charge in [0.2, 0.25) is 5.71 Å². The summed E-state index contributed by atoms with van der Waals surface area (Å²) >= 11 is 0. The Morgan fingerprint density at radius 1 is 0.660 bits per heavy atom. The first-order valence-corrected chi connectivity index (χ1v) is 14.2. The van der Waals surface area contributed by atoms with Crippen molar-refractivity contribution in [2.24, 2.45) is 0 Å². The molecule has 0 aliphatic rings. The fourth-order valence-electron chi connectivity index (χ4n) is 5.20. The minimum Gasteiger partial charge on any atom is -0.486 e. The Bertz CT molecular complexity index is 2840. The third kappa shape index (κ3) is 6.64. The third-order valence-corrected chi connectivity index (χ3v) is 7.46. The van der Waals surface area contributed by atoms with Crippen LogP contribution >= 0.6 is 0 Å². The molecule has 8 aromatic rings. The predicted octanol–water partition coefficient (Wildman–Crippen LogP) is 10.8. The van der Waals surface area contributed by atoms with Crippen LogP contribution in [0.25, 0.3) is 66.5 Å². The van der Waals surface area contributed by atoms with Gasteiger partial charge in [0.1, 0.15) is 0 Å². The van der Waals surface area contributed by atoms with Gasteiger partial charge < -0.3 is 14.4 Å². The van der Waals surface area contributed by atoms with E-state index in [1.54, 1.807) is 66.7 Å². The van der Waals surface area contributed by atoms with E-state index in [9.17, 15) is 0 Å². The summed E-state index contributed by atoms with van der Waals surface area (Å²) in [7, 11) is 0. The van der Waals surface area contributed by atoms with Crippen LogP contribution in [0, 0.1) is 46.4 Å². The maximum absolute atomic E-state index is 8.13. The van der Waals surface area contributed by atoms with E-state index >= 15 is 0 Å². The first kappa shape index (κ1) is 18.4. The van der Waals surface area contributed by atoms with Gasteiger partial charge in [-0.2, -0.15) is 0 Å². The smallest absolute Gasteiger partial charge is 0.216 e. The third-order valence-electron chi connectivity index (χ3n) is 7.46. The van der Waals surface area contributed by atoms with Crippen molar-refractivity contribution in [1.82, 2.24) is 15.0 Å². The summed E-state index contributed by atoms with van der Waals surface area (Å²) in [5, 5.41) is 2.79. The number of furan rings is 1. The molecular weight excluding hydrogens is 755 g/mol. The maximum atomic E-state index is 8.13. The fraction of sp³-hybridized carbons (Fsp3) is 0.119. The van der Waals surface area contributed by atoms with Crippen LogP contribution in [0.5, 0.6) is 0 Å². The van der Waals surface area contributed by atoms with Gasteiger partial charge in [-0.25, -0.2) is 4.98 Å². The van der Waals surface area contributed by atoms with E-state index in [4.69, 9.17) is 25.0 Å². The van der Waals surface area contributed by atoms with E-state index in [0.29, 0.717) is 55.4 Å². The number of aryl methyl sites for hydroxylation is 5. The molecule has 0 atom stereocenters. The first-order chi connectivity index (χ1) is 28.4. The monoisotopic (exact) mass is 803 g/mol. The molecule has 8 rings (SSSR count). The summed E-state index contributed by atoms with van der Waals surface area (Å²) < 4.78 is 120. The Hall–Kier alpha value is -4.96. The zero-order valence-electron chi connectivity index (χ0n) is 39.5. The number of pyridine rings is 3. The molecule has 1 radical (unpaired) electrons. The first-order valence-electron chi connectivity index (χ1n) is 21.7. The van der Waals surface area contributed by atoms with Crippen LogP contribution in [-0.2, 0) is 20.1 Å². The number of nitrogens with zero attached hydrogens (tertiary/aromatic N) is 3. The summed E-state index contributed by atoms with van der Waals surface area (Å²) in [4.78, 5) is 12.7. The number of aromatic nitrogens is 3. The van der Waals surface area contributed by atoms with Crippen LogP contribution in [0.4, 0.5) is 0 Å². The average Bonchev–Trinajstić information content (AvgIpc) is 3.57. The molecule has 5 heteroatoms. The molecule has 0 spiro atoms. The van der Waals surface area contributed by atoms with Crippen LogP contribution in [0.2, 0.25) is 0 Å². The van der Waals surface area contributed by atoms with Crippen molar-refractivity contribution < 1.29 is 45.1 Å². The second-order valence-corrected chi connectivity index (χ2v) is 10.6. The number of hydrogen-bond donors (Lipinski definition) is 0. The minimum atomic E-state index is -2.47. The van der Waals surface area contributed by atoms with E-state index in [2.05, 4.69) is 27.1 Å². The molecular formula is C42H33IrN3O-2. The molecule has 0 bridgehead atoms. The maximum Gasteiger partial charge on any atom is 0.216 e. The molecule has 0 amide bonds. The van der Waals surface area contributed by atoms with Crippen molar-refractivity contribution >= 4 is 32.8 Å². The van der Waals surface area contributed by atoms with Crippen LogP contribution in [0.15, 0.2) is 114 Å². The number of rotatable bonds is 3. The Kier molecular flexibility index (Phi) is 5.25. The second kappa shape index (κ2) is 13.4. The second-order valence-electron chi connectivity index (χ2n) is 10.6. The van der Waals surface area contributed by atoms with Crippen molar-refractivity contribution in [3.63, 3.8) is 0 Å². The molecule has 0 N–H and O–H groups in total. The molecule has 0 aliphatic heterocycles. The van der Waals surface area contributed by atoms with Gasteiger partial charge in [0.15, 0.2) is 0 Å². The van der Waals surface area contributed by atoms with Gasteiger partial charge in [-0.1, -0.05) is 71.9 Å². The molecule has 0 unspecified atom stereocenters. The van der Waals surface area contributed by atoms with Gasteiger partial charge in [0.25, 0.3) is 0 Å². The van der Waals surface area contributed by atoms with E-state index in [-0.39, 0.29) is 53.8 Å². The van der Waals surface area contributed by atoms with Gasteiger partial charge in [-0.05, 0) is 90.0 Å². The van der Waals surface area contributed by atoms with Crippen molar-refractivity contribution in [3.05, 3.63) is 150 Å². The Morgan fingerprint density at radius 2 is 1.51 bits per heavy atom. The predicted molar refractivity (Wildman–Crippen MR) is 189 cm³/mol. The van der Waals surface area contributed by atoms with Crippen molar-refractivity contribution in [2.75, 3.05) is 0 Å². The zero-order valence-corrected chi connectivity index (χ0v) is 26.9. The Labute approximate surface area is 310 Å². The number of hydrogen-bond acceptors (Lipinski definition) is 4. The van der Waals surface area contributed by atoms with Crippen LogP contribution in [0.1, 0.15) is 48.5 Å². The molecule has 0 aliphatic carbocycles. The summed E-state index contributed by atoms with van der Waals surface area (Å²) in [5.74, 6) is 0. The molecule has 47 heavy (non-hydrogen) atoms. The zero-order chi connectivity index (χ0) is 44.3. The quantitative estimate of drug-likeness (QED) is 0.167. The summed E-state index contributed by atoms with van der Waals surface area (Å²) in [6.45, 7) is -11.5. The van der Waals surface area contributed by atoms with Crippen molar-refractivity contribution in [2.45, 2.75) is 34.3 Å². The molecule has 0 saturated carbocycles. The SMILES string of the molecule is [2H]C([2H])([2H])c1c[c-]c(-c2ccc(C([2H])([2H])[2H])cn2)cc1.[2H]C([2H])([2H])c1ccc2ccc(-c3cc(-c4[c-]ccc5c4oc4nc(C([2H])([2H])[2H])ccc45)ncc3C([2H])([2H])[2H])cc2c1.[Ir]. The molecule has 0 saturated heterocycles. The van der Waals surface area contributed by atoms with Gasteiger partial charge >= 0.3 is 0 Å². The van der Waals surface area contributed by atoms with Crippen LogP contribution < -0.4 is 0 Å². The number of fused-ring (bicyclic) bond motifs is 4. The minimum absolute atomic E-state index is 0. The average molecular weight is 803 g/mol. The molecule has 4 nitrogen and oxygen atoms in total. The van der Waals surface area contributed by atoms with Gasteiger partial charge in [0.05, 0.1) is 5.58 Å². The summed E-state index contributed by atoms with van der Waals surface area (Å²) in [6.07, 6.45) is 2.61. The summed E-state index contributed by atoms with van der Waals surface area (Å²) in [5.41, 5.74) is 4.07. The van der Waals surface area contributed by atoms with Gasteiger partial charge in [-0.15, -0.1) is 53.6 Å². The fourth-order valence-corrected chi connectivity index (χ4v) is 5.20. The topological polar surface area (TPSA) is 51.8 Å². The van der Waals surface area contributed by atoms with Crippen molar-refractivity contribution in [1.29, 1.82) is 0 Å².